The van der Waals surface area contributed by atoms with Crippen molar-refractivity contribution in [3.05, 3.63) is 47.7 Å². The van der Waals surface area contributed by atoms with Crippen molar-refractivity contribution in [3.63, 3.8) is 0 Å². The lowest BCUT2D eigenvalue weighted by molar-refractivity contribution is -0.150. The highest BCUT2D eigenvalue weighted by Crippen LogP contribution is 2.50. The molecule has 2 aromatic heterocycles. The molecule has 0 radical (unpaired) electrons. The summed E-state index contributed by atoms with van der Waals surface area (Å²) in [5.41, 5.74) is -0.492. The summed E-state index contributed by atoms with van der Waals surface area (Å²) in [4.78, 5) is 19.4. The molecule has 4 heterocycles. The summed E-state index contributed by atoms with van der Waals surface area (Å²) in [7, 11) is 0. The van der Waals surface area contributed by atoms with Crippen LogP contribution in [0.2, 0.25) is 0 Å². The van der Waals surface area contributed by atoms with Crippen LogP contribution in [0.4, 0.5) is 19.0 Å². The number of likely N-dealkylation sites (tertiary alicyclic amines) is 1. The summed E-state index contributed by atoms with van der Waals surface area (Å²) in [6.45, 7) is 2.16. The fourth-order valence-electron chi connectivity index (χ4n) is 4.05. The topological polar surface area (TPSA) is 62.2 Å². The Hall–Kier alpha value is -2.71. The van der Waals surface area contributed by atoms with Crippen molar-refractivity contribution in [1.82, 2.24) is 20.1 Å². The van der Waals surface area contributed by atoms with E-state index < -0.39 is 29.6 Å². The maximum atomic E-state index is 15.0. The van der Waals surface area contributed by atoms with Gasteiger partial charge in [-0.15, -0.1) is 5.10 Å². The molecule has 0 bridgehead atoms. The molecule has 28 heavy (non-hydrogen) atoms. The molecule has 6 nitrogen and oxygen atoms in total. The maximum Gasteiger partial charge on any atom is 0.258 e. The number of piperidine rings is 1. The zero-order valence-electron chi connectivity index (χ0n) is 15.4. The number of halogens is 3. The fraction of sp³-hybridized carbons (Fsp3) is 0.474. The van der Waals surface area contributed by atoms with Gasteiger partial charge >= 0.3 is 0 Å². The van der Waals surface area contributed by atoms with Gasteiger partial charge in [-0.2, -0.15) is 9.49 Å². The summed E-state index contributed by atoms with van der Waals surface area (Å²) in [5.74, 6) is -3.57. The Labute approximate surface area is 160 Å². The molecule has 4 rings (SSSR count). The summed E-state index contributed by atoms with van der Waals surface area (Å²) in [6, 6.07) is 5.99. The number of pyridine rings is 1. The smallest absolute Gasteiger partial charge is 0.258 e. The van der Waals surface area contributed by atoms with Crippen molar-refractivity contribution in [2.75, 3.05) is 31.1 Å². The average Bonchev–Trinajstić information content (AvgIpc) is 3.10. The van der Waals surface area contributed by atoms with Gasteiger partial charge in [-0.05, 0) is 31.5 Å². The van der Waals surface area contributed by atoms with Crippen LogP contribution >= 0.6 is 0 Å². The minimum atomic E-state index is -2.90. The number of alkyl halides is 2. The minimum absolute atomic E-state index is 0.0676. The molecule has 0 aromatic carbocycles. The van der Waals surface area contributed by atoms with E-state index in [4.69, 9.17) is 0 Å². The number of nitrogens with zero attached hydrogens (tertiary/aromatic N) is 5. The van der Waals surface area contributed by atoms with Gasteiger partial charge in [-0.25, -0.2) is 13.8 Å². The molecule has 148 valence electrons. The highest BCUT2D eigenvalue weighted by atomic mass is 19.3. The van der Waals surface area contributed by atoms with Crippen molar-refractivity contribution < 1.29 is 18.0 Å². The number of carbonyl (C=O) groups excluding carboxylic acids is 1. The second-order valence-corrected chi connectivity index (χ2v) is 7.53. The number of hydrogen-bond donors (Lipinski definition) is 0. The van der Waals surface area contributed by atoms with Crippen molar-refractivity contribution in [2.24, 2.45) is 5.41 Å². The molecule has 0 unspecified atom stereocenters. The van der Waals surface area contributed by atoms with E-state index in [9.17, 15) is 18.0 Å². The first-order chi connectivity index (χ1) is 13.3. The van der Waals surface area contributed by atoms with E-state index >= 15 is 0 Å². The number of rotatable bonds is 2. The molecule has 0 saturated carbocycles. The van der Waals surface area contributed by atoms with Crippen molar-refractivity contribution in [1.29, 1.82) is 0 Å². The molecule has 1 amide bonds. The first kappa shape index (κ1) is 18.6. The van der Waals surface area contributed by atoms with Crippen LogP contribution < -0.4 is 4.90 Å². The standard InChI is InChI=1S/C19H20F3N5O/c1-13-2-3-16(25-24-13)26-8-5-18(11-26)12-27(9-6-19(18,21)22)17(28)14-4-7-23-15(20)10-14/h2-4,7,10H,5-6,8-9,11-12H2,1H3/t18-/m0/s1. The van der Waals surface area contributed by atoms with Gasteiger partial charge in [0.2, 0.25) is 5.95 Å². The Morgan fingerprint density at radius 1 is 1.11 bits per heavy atom. The first-order valence-electron chi connectivity index (χ1n) is 9.14. The van der Waals surface area contributed by atoms with Crippen LogP contribution in [0, 0.1) is 18.3 Å². The second kappa shape index (κ2) is 6.72. The number of carbonyl (C=O) groups is 1. The third-order valence-electron chi connectivity index (χ3n) is 5.69. The van der Waals surface area contributed by atoms with Gasteiger partial charge in [-0.1, -0.05) is 0 Å². The molecule has 2 aliphatic heterocycles. The quantitative estimate of drug-likeness (QED) is 0.737. The summed E-state index contributed by atoms with van der Waals surface area (Å²) < 4.78 is 43.3. The van der Waals surface area contributed by atoms with E-state index in [1.54, 1.807) is 17.0 Å². The van der Waals surface area contributed by atoms with E-state index in [-0.39, 0.29) is 31.6 Å². The molecular weight excluding hydrogens is 371 g/mol. The van der Waals surface area contributed by atoms with Crippen LogP contribution in [0.15, 0.2) is 30.5 Å². The number of anilines is 1. The Morgan fingerprint density at radius 3 is 2.64 bits per heavy atom. The van der Waals surface area contributed by atoms with Crippen LogP contribution in [0.25, 0.3) is 0 Å². The second-order valence-electron chi connectivity index (χ2n) is 7.53. The van der Waals surface area contributed by atoms with Crippen LogP contribution in [0.1, 0.15) is 28.9 Å². The van der Waals surface area contributed by atoms with E-state index in [0.29, 0.717) is 12.4 Å². The van der Waals surface area contributed by atoms with Crippen LogP contribution in [0.5, 0.6) is 0 Å². The van der Waals surface area contributed by atoms with Crippen LogP contribution in [-0.2, 0) is 0 Å². The SMILES string of the molecule is Cc1ccc(N2CC[C@@]3(CN(C(=O)c4ccnc(F)c4)CCC3(F)F)C2)nn1. The summed E-state index contributed by atoms with van der Waals surface area (Å²) in [6.07, 6.45) is 1.02. The number of aromatic nitrogens is 3. The Balaban J connectivity index is 1.57. The predicted molar refractivity (Wildman–Crippen MR) is 95.7 cm³/mol. The van der Waals surface area contributed by atoms with E-state index in [0.717, 1.165) is 11.8 Å². The summed E-state index contributed by atoms with van der Waals surface area (Å²) in [5, 5.41) is 8.10. The Bertz CT molecular complexity index is 891. The monoisotopic (exact) mass is 391 g/mol. The molecule has 0 aliphatic carbocycles. The Kier molecular flexibility index (Phi) is 4.47. The van der Waals surface area contributed by atoms with E-state index in [1.165, 1.54) is 17.2 Å². The van der Waals surface area contributed by atoms with E-state index in [2.05, 4.69) is 15.2 Å². The van der Waals surface area contributed by atoms with Crippen molar-refractivity contribution in [2.45, 2.75) is 25.7 Å². The molecule has 0 N–H and O–H groups in total. The number of hydrogen-bond acceptors (Lipinski definition) is 5. The van der Waals surface area contributed by atoms with Gasteiger partial charge in [-0.3, -0.25) is 4.79 Å². The molecule has 2 fully saturated rings. The van der Waals surface area contributed by atoms with E-state index in [1.807, 2.05) is 6.92 Å². The third kappa shape index (κ3) is 3.18. The normalized spacial score (nSPS) is 24.0. The predicted octanol–water partition coefficient (Wildman–Crippen LogP) is 2.70. The van der Waals surface area contributed by atoms with Gasteiger partial charge < -0.3 is 9.80 Å². The number of aryl methyl sites for hydroxylation is 1. The summed E-state index contributed by atoms with van der Waals surface area (Å²) >= 11 is 0. The van der Waals surface area contributed by atoms with Gasteiger partial charge in [0.1, 0.15) is 0 Å². The lowest BCUT2D eigenvalue weighted by Gasteiger charge is -2.45. The molecular formula is C19H20F3N5O. The maximum absolute atomic E-state index is 15.0. The molecule has 2 aliphatic rings. The largest absolute Gasteiger partial charge is 0.354 e. The molecule has 2 saturated heterocycles. The average molecular weight is 391 g/mol. The zero-order chi connectivity index (χ0) is 19.9. The van der Waals surface area contributed by atoms with Gasteiger partial charge in [0, 0.05) is 50.4 Å². The first-order valence-corrected chi connectivity index (χ1v) is 9.14. The molecule has 2 aromatic rings. The van der Waals surface area contributed by atoms with Gasteiger partial charge in [0.25, 0.3) is 11.8 Å². The third-order valence-corrected chi connectivity index (χ3v) is 5.69. The van der Waals surface area contributed by atoms with Gasteiger partial charge in [0.05, 0.1) is 11.1 Å². The fourth-order valence-corrected chi connectivity index (χ4v) is 4.05. The van der Waals surface area contributed by atoms with Gasteiger partial charge in [0.15, 0.2) is 5.82 Å². The van der Waals surface area contributed by atoms with Crippen LogP contribution in [-0.4, -0.2) is 58.1 Å². The Morgan fingerprint density at radius 2 is 1.93 bits per heavy atom. The molecule has 1 spiro atoms. The highest BCUT2D eigenvalue weighted by Gasteiger charge is 2.60. The van der Waals surface area contributed by atoms with Crippen molar-refractivity contribution in [3.8, 4) is 0 Å². The number of amides is 1. The lowest BCUT2D eigenvalue weighted by Crippen LogP contribution is -2.58. The minimum Gasteiger partial charge on any atom is -0.354 e. The highest BCUT2D eigenvalue weighted by molar-refractivity contribution is 5.94. The zero-order valence-corrected chi connectivity index (χ0v) is 15.4. The van der Waals surface area contributed by atoms with Crippen LogP contribution in [0.3, 0.4) is 0 Å². The van der Waals surface area contributed by atoms with Crippen molar-refractivity contribution >= 4 is 11.7 Å². The lowest BCUT2D eigenvalue weighted by atomic mass is 9.75. The molecule has 9 heteroatoms. The molecule has 1 atom stereocenters.